The first kappa shape index (κ1) is 10.6. The number of aromatic nitrogens is 2. The highest BCUT2D eigenvalue weighted by atomic mass is 32.1. The molecule has 0 saturated carbocycles. The summed E-state index contributed by atoms with van der Waals surface area (Å²) in [6.45, 7) is 4.48. The van der Waals surface area contributed by atoms with Crippen LogP contribution in [0.3, 0.4) is 0 Å². The topological polar surface area (TPSA) is 37.8 Å². The summed E-state index contributed by atoms with van der Waals surface area (Å²) in [6.07, 6.45) is 2.36. The van der Waals surface area contributed by atoms with E-state index in [4.69, 9.17) is 0 Å². The summed E-state index contributed by atoms with van der Waals surface area (Å²) in [7, 11) is 1.98. The first-order valence-electron chi connectivity index (χ1n) is 4.68. The van der Waals surface area contributed by atoms with E-state index in [0.29, 0.717) is 6.04 Å². The number of hydrogen-bond acceptors (Lipinski definition) is 4. The molecule has 1 aromatic rings. The van der Waals surface area contributed by atoms with Gasteiger partial charge >= 0.3 is 0 Å². The Morgan fingerprint density at radius 1 is 1.46 bits per heavy atom. The Labute approximate surface area is 83.7 Å². The number of hydrogen-bond donors (Lipinski definition) is 1. The van der Waals surface area contributed by atoms with Crippen molar-refractivity contribution in [2.45, 2.75) is 32.7 Å². The van der Waals surface area contributed by atoms with Crippen molar-refractivity contribution in [1.29, 1.82) is 0 Å². The molecule has 0 aliphatic carbocycles. The predicted molar refractivity (Wildman–Crippen MR) is 55.8 cm³/mol. The summed E-state index contributed by atoms with van der Waals surface area (Å²) in [5.41, 5.74) is 1.08. The van der Waals surface area contributed by atoms with Gasteiger partial charge in [0.05, 0.1) is 11.7 Å². The lowest BCUT2D eigenvalue weighted by atomic mass is 10.0. The smallest absolute Gasteiger partial charge is 0.0924 e. The van der Waals surface area contributed by atoms with Crippen LogP contribution in [0.25, 0.3) is 0 Å². The minimum Gasteiger partial charge on any atom is -0.312 e. The molecule has 1 unspecified atom stereocenters. The van der Waals surface area contributed by atoms with E-state index in [0.717, 1.165) is 18.0 Å². The molecule has 0 aliphatic rings. The molecule has 4 heteroatoms. The van der Waals surface area contributed by atoms with Crippen LogP contribution in [0.1, 0.15) is 38.4 Å². The Morgan fingerprint density at radius 2 is 2.23 bits per heavy atom. The third kappa shape index (κ3) is 3.40. The second-order valence-corrected chi connectivity index (χ2v) is 4.25. The van der Waals surface area contributed by atoms with Gasteiger partial charge in [-0.3, -0.25) is 0 Å². The highest BCUT2D eigenvalue weighted by molar-refractivity contribution is 7.03. The largest absolute Gasteiger partial charge is 0.312 e. The molecule has 0 fully saturated rings. The Hall–Kier alpha value is -0.480. The normalized spacial score (nSPS) is 13.5. The zero-order valence-corrected chi connectivity index (χ0v) is 9.27. The molecule has 1 N–H and O–H groups in total. The van der Waals surface area contributed by atoms with Crippen LogP contribution in [0.4, 0.5) is 0 Å². The first-order chi connectivity index (χ1) is 6.24. The van der Waals surface area contributed by atoms with E-state index in [2.05, 4.69) is 28.8 Å². The summed E-state index contributed by atoms with van der Waals surface area (Å²) >= 11 is 1.42. The van der Waals surface area contributed by atoms with Crippen LogP contribution in [0.2, 0.25) is 0 Å². The lowest BCUT2D eigenvalue weighted by molar-refractivity contribution is 0.457. The van der Waals surface area contributed by atoms with E-state index in [1.54, 1.807) is 0 Å². The molecule has 1 aromatic heterocycles. The van der Waals surface area contributed by atoms with Crippen LogP contribution in [0.15, 0.2) is 5.38 Å². The summed E-state index contributed by atoms with van der Waals surface area (Å²) < 4.78 is 3.87. The molecule has 1 rings (SSSR count). The molecular weight excluding hydrogens is 182 g/mol. The Kier molecular flexibility index (Phi) is 4.32. The molecular formula is C9H17N3S. The van der Waals surface area contributed by atoms with E-state index in [1.165, 1.54) is 18.0 Å². The van der Waals surface area contributed by atoms with Gasteiger partial charge in [-0.25, -0.2) is 0 Å². The highest BCUT2D eigenvalue weighted by Gasteiger charge is 2.11. The Morgan fingerprint density at radius 3 is 2.69 bits per heavy atom. The quantitative estimate of drug-likeness (QED) is 0.790. The summed E-state index contributed by atoms with van der Waals surface area (Å²) in [5.74, 6) is 0.752. The standard InChI is InChI=1S/C9H17N3S/c1-7(2)4-5-8(10-3)9-6-13-12-11-9/h6-8,10H,4-5H2,1-3H3. The van der Waals surface area contributed by atoms with Crippen molar-refractivity contribution in [3.8, 4) is 0 Å². The fourth-order valence-electron chi connectivity index (χ4n) is 1.26. The van der Waals surface area contributed by atoms with Crippen LogP contribution in [0.5, 0.6) is 0 Å². The maximum atomic E-state index is 4.07. The lowest BCUT2D eigenvalue weighted by Crippen LogP contribution is -2.17. The molecule has 0 aromatic carbocycles. The maximum absolute atomic E-state index is 4.07. The van der Waals surface area contributed by atoms with Crippen molar-refractivity contribution in [1.82, 2.24) is 14.9 Å². The lowest BCUT2D eigenvalue weighted by Gasteiger charge is -2.14. The van der Waals surface area contributed by atoms with Gasteiger partial charge in [0.15, 0.2) is 0 Å². The number of rotatable bonds is 5. The zero-order chi connectivity index (χ0) is 9.68. The molecule has 0 amide bonds. The molecule has 1 heterocycles. The van der Waals surface area contributed by atoms with Gasteiger partial charge in [0.25, 0.3) is 0 Å². The average molecular weight is 199 g/mol. The van der Waals surface area contributed by atoms with Crippen LogP contribution < -0.4 is 5.32 Å². The highest BCUT2D eigenvalue weighted by Crippen LogP contribution is 2.19. The molecule has 74 valence electrons. The van der Waals surface area contributed by atoms with E-state index in [9.17, 15) is 0 Å². The van der Waals surface area contributed by atoms with Crippen molar-refractivity contribution in [3.05, 3.63) is 11.1 Å². The third-order valence-corrected chi connectivity index (χ3v) is 2.64. The SMILES string of the molecule is CNC(CCC(C)C)c1csnn1. The fraction of sp³-hybridized carbons (Fsp3) is 0.778. The minimum absolute atomic E-state index is 0.376. The Balaban J connectivity index is 2.44. The zero-order valence-electron chi connectivity index (χ0n) is 8.45. The molecule has 0 saturated heterocycles. The van der Waals surface area contributed by atoms with Gasteiger partial charge in [0.2, 0.25) is 0 Å². The van der Waals surface area contributed by atoms with E-state index in [1.807, 2.05) is 12.4 Å². The summed E-state index contributed by atoms with van der Waals surface area (Å²) in [4.78, 5) is 0. The van der Waals surface area contributed by atoms with Crippen molar-refractivity contribution in [2.75, 3.05) is 7.05 Å². The third-order valence-electron chi connectivity index (χ3n) is 2.12. The van der Waals surface area contributed by atoms with Gasteiger partial charge in [0.1, 0.15) is 0 Å². The molecule has 3 nitrogen and oxygen atoms in total. The van der Waals surface area contributed by atoms with Gasteiger partial charge in [-0.2, -0.15) is 0 Å². The monoisotopic (exact) mass is 199 g/mol. The predicted octanol–water partition coefficient (Wildman–Crippen LogP) is 2.23. The Bertz CT molecular complexity index is 221. The average Bonchev–Trinajstić information content (AvgIpc) is 2.58. The molecule has 0 radical (unpaired) electrons. The van der Waals surface area contributed by atoms with Gasteiger partial charge in [-0.15, -0.1) is 5.10 Å². The molecule has 1 atom stereocenters. The molecule has 0 bridgehead atoms. The second kappa shape index (κ2) is 5.29. The van der Waals surface area contributed by atoms with E-state index in [-0.39, 0.29) is 0 Å². The van der Waals surface area contributed by atoms with Crippen LogP contribution >= 0.6 is 11.5 Å². The van der Waals surface area contributed by atoms with Crippen LogP contribution in [0, 0.1) is 5.92 Å². The van der Waals surface area contributed by atoms with Gasteiger partial charge in [0, 0.05) is 5.38 Å². The van der Waals surface area contributed by atoms with Gasteiger partial charge < -0.3 is 5.32 Å². The maximum Gasteiger partial charge on any atom is 0.0924 e. The van der Waals surface area contributed by atoms with Gasteiger partial charge in [-0.1, -0.05) is 18.3 Å². The van der Waals surface area contributed by atoms with E-state index >= 15 is 0 Å². The van der Waals surface area contributed by atoms with Crippen molar-refractivity contribution < 1.29 is 0 Å². The van der Waals surface area contributed by atoms with Crippen molar-refractivity contribution >= 4 is 11.5 Å². The van der Waals surface area contributed by atoms with E-state index < -0.39 is 0 Å². The first-order valence-corrected chi connectivity index (χ1v) is 5.52. The molecule has 13 heavy (non-hydrogen) atoms. The van der Waals surface area contributed by atoms with Crippen LogP contribution in [-0.2, 0) is 0 Å². The van der Waals surface area contributed by atoms with Crippen LogP contribution in [-0.4, -0.2) is 16.6 Å². The van der Waals surface area contributed by atoms with Crippen molar-refractivity contribution in [2.24, 2.45) is 5.92 Å². The minimum atomic E-state index is 0.376. The molecule has 0 aliphatic heterocycles. The fourth-order valence-corrected chi connectivity index (χ4v) is 1.77. The van der Waals surface area contributed by atoms with Gasteiger partial charge in [-0.05, 0) is 37.3 Å². The molecule has 0 spiro atoms. The second-order valence-electron chi connectivity index (χ2n) is 3.64. The number of nitrogens with one attached hydrogen (secondary N) is 1. The summed E-state index contributed by atoms with van der Waals surface area (Å²) in [5, 5.41) is 9.35. The summed E-state index contributed by atoms with van der Waals surface area (Å²) in [6, 6.07) is 0.376. The van der Waals surface area contributed by atoms with Crippen molar-refractivity contribution in [3.63, 3.8) is 0 Å². The number of nitrogens with zero attached hydrogens (tertiary/aromatic N) is 2.